The lowest BCUT2D eigenvalue weighted by Crippen LogP contribution is -2.51. The summed E-state index contributed by atoms with van der Waals surface area (Å²) >= 11 is 0. The van der Waals surface area contributed by atoms with E-state index in [-0.39, 0.29) is 10.9 Å². The standard InChI is InChI=1S/C12H17FN2O2S/c1-9-3-4-11(7-12(9)13)18(16,17)15-6-5-14-10(2)8-15/h3-4,7,10,14H,5-6,8H2,1-2H3/t10-/m0/s1. The maximum atomic E-state index is 13.5. The molecule has 1 aliphatic rings. The molecule has 0 saturated carbocycles. The van der Waals surface area contributed by atoms with Crippen molar-refractivity contribution in [3.05, 3.63) is 29.6 Å². The smallest absolute Gasteiger partial charge is 0.243 e. The van der Waals surface area contributed by atoms with Crippen LogP contribution in [0.25, 0.3) is 0 Å². The zero-order valence-electron chi connectivity index (χ0n) is 10.5. The Kier molecular flexibility index (Phi) is 3.70. The third kappa shape index (κ3) is 2.55. The molecule has 0 spiro atoms. The first-order chi connectivity index (χ1) is 8.41. The van der Waals surface area contributed by atoms with Gasteiger partial charge in [0.25, 0.3) is 0 Å². The van der Waals surface area contributed by atoms with E-state index in [9.17, 15) is 12.8 Å². The number of sulfonamides is 1. The van der Waals surface area contributed by atoms with Crippen LogP contribution in [0.1, 0.15) is 12.5 Å². The molecule has 0 radical (unpaired) electrons. The minimum atomic E-state index is -3.58. The van der Waals surface area contributed by atoms with Gasteiger partial charge in [0.15, 0.2) is 0 Å². The summed E-state index contributed by atoms with van der Waals surface area (Å²) in [4.78, 5) is 0.0275. The Hall–Kier alpha value is -0.980. The Bertz CT molecular complexity index is 545. The quantitative estimate of drug-likeness (QED) is 0.877. The molecule has 0 amide bonds. The summed E-state index contributed by atoms with van der Waals surface area (Å²) in [6, 6.07) is 4.16. The van der Waals surface area contributed by atoms with Crippen LogP contribution in [-0.4, -0.2) is 38.4 Å². The van der Waals surface area contributed by atoms with E-state index in [2.05, 4.69) is 5.32 Å². The first kappa shape index (κ1) is 13.5. The number of hydrogen-bond acceptors (Lipinski definition) is 3. The fraction of sp³-hybridized carbons (Fsp3) is 0.500. The van der Waals surface area contributed by atoms with Crippen LogP contribution in [-0.2, 0) is 10.0 Å². The number of hydrogen-bond donors (Lipinski definition) is 1. The van der Waals surface area contributed by atoms with E-state index in [1.807, 2.05) is 6.92 Å². The van der Waals surface area contributed by atoms with Crippen LogP contribution in [0.4, 0.5) is 4.39 Å². The summed E-state index contributed by atoms with van der Waals surface area (Å²) in [5.41, 5.74) is 0.447. The van der Waals surface area contributed by atoms with Gasteiger partial charge in [0.2, 0.25) is 10.0 Å². The van der Waals surface area contributed by atoms with Crippen LogP contribution in [0.2, 0.25) is 0 Å². The second kappa shape index (κ2) is 4.95. The number of halogens is 1. The number of nitrogens with zero attached hydrogens (tertiary/aromatic N) is 1. The van der Waals surface area contributed by atoms with Gasteiger partial charge in [-0.15, -0.1) is 0 Å². The molecule has 1 saturated heterocycles. The molecule has 0 aromatic heterocycles. The van der Waals surface area contributed by atoms with Crippen LogP contribution < -0.4 is 5.32 Å². The van der Waals surface area contributed by atoms with Gasteiger partial charge >= 0.3 is 0 Å². The number of nitrogens with one attached hydrogen (secondary N) is 1. The Morgan fingerprint density at radius 2 is 2.17 bits per heavy atom. The van der Waals surface area contributed by atoms with Crippen molar-refractivity contribution in [2.75, 3.05) is 19.6 Å². The monoisotopic (exact) mass is 272 g/mol. The second-order valence-electron chi connectivity index (χ2n) is 4.63. The maximum absolute atomic E-state index is 13.5. The highest BCUT2D eigenvalue weighted by molar-refractivity contribution is 7.89. The van der Waals surface area contributed by atoms with Crippen LogP contribution in [0, 0.1) is 12.7 Å². The van der Waals surface area contributed by atoms with Gasteiger partial charge in [-0.25, -0.2) is 12.8 Å². The molecule has 1 N–H and O–H groups in total. The zero-order chi connectivity index (χ0) is 13.3. The molecule has 1 aliphatic heterocycles. The fourth-order valence-corrected chi connectivity index (χ4v) is 3.54. The molecule has 0 bridgehead atoms. The zero-order valence-corrected chi connectivity index (χ0v) is 11.3. The molecule has 4 nitrogen and oxygen atoms in total. The first-order valence-corrected chi connectivity index (χ1v) is 7.35. The largest absolute Gasteiger partial charge is 0.312 e. The summed E-state index contributed by atoms with van der Waals surface area (Å²) in [6.07, 6.45) is 0. The predicted octanol–water partition coefficient (Wildman–Crippen LogP) is 1.12. The van der Waals surface area contributed by atoms with Gasteiger partial charge in [-0.3, -0.25) is 0 Å². The molecular weight excluding hydrogens is 255 g/mol. The van der Waals surface area contributed by atoms with Crippen LogP contribution in [0.3, 0.4) is 0 Å². The van der Waals surface area contributed by atoms with E-state index >= 15 is 0 Å². The fourth-order valence-electron chi connectivity index (χ4n) is 2.00. The van der Waals surface area contributed by atoms with Crippen molar-refractivity contribution in [1.29, 1.82) is 0 Å². The molecule has 2 rings (SSSR count). The van der Waals surface area contributed by atoms with Crippen molar-refractivity contribution >= 4 is 10.0 Å². The molecular formula is C12H17FN2O2S. The molecule has 1 fully saturated rings. The van der Waals surface area contributed by atoms with Crippen molar-refractivity contribution in [3.8, 4) is 0 Å². The third-order valence-electron chi connectivity index (χ3n) is 3.11. The third-order valence-corrected chi connectivity index (χ3v) is 4.97. The number of benzene rings is 1. The maximum Gasteiger partial charge on any atom is 0.243 e. The number of rotatable bonds is 2. The average molecular weight is 272 g/mol. The van der Waals surface area contributed by atoms with Crippen molar-refractivity contribution in [2.24, 2.45) is 0 Å². The minimum absolute atomic E-state index is 0.0275. The average Bonchev–Trinajstić information content (AvgIpc) is 2.32. The van der Waals surface area contributed by atoms with Gasteiger partial charge in [0, 0.05) is 25.7 Å². The Morgan fingerprint density at radius 3 is 2.78 bits per heavy atom. The molecule has 1 heterocycles. The van der Waals surface area contributed by atoms with Crippen LogP contribution in [0.5, 0.6) is 0 Å². The highest BCUT2D eigenvalue weighted by Crippen LogP contribution is 2.19. The molecule has 18 heavy (non-hydrogen) atoms. The Balaban J connectivity index is 2.32. The summed E-state index contributed by atoms with van der Waals surface area (Å²) in [7, 11) is -3.58. The summed E-state index contributed by atoms with van der Waals surface area (Å²) in [5, 5.41) is 3.18. The normalized spacial score (nSPS) is 22.1. The Labute approximate surface area is 107 Å². The van der Waals surface area contributed by atoms with E-state index in [0.717, 1.165) is 6.07 Å². The van der Waals surface area contributed by atoms with Crippen molar-refractivity contribution in [3.63, 3.8) is 0 Å². The van der Waals surface area contributed by atoms with E-state index in [1.54, 1.807) is 6.92 Å². The SMILES string of the molecule is Cc1ccc(S(=O)(=O)N2CCN[C@@H](C)C2)cc1F. The van der Waals surface area contributed by atoms with Gasteiger partial charge in [0.05, 0.1) is 4.90 Å². The summed E-state index contributed by atoms with van der Waals surface area (Å²) in [5.74, 6) is -0.487. The topological polar surface area (TPSA) is 49.4 Å². The van der Waals surface area contributed by atoms with E-state index in [4.69, 9.17) is 0 Å². The highest BCUT2D eigenvalue weighted by Gasteiger charge is 2.28. The molecule has 0 unspecified atom stereocenters. The number of piperazine rings is 1. The predicted molar refractivity (Wildman–Crippen MR) is 67.4 cm³/mol. The van der Waals surface area contributed by atoms with Gasteiger partial charge in [0.1, 0.15) is 5.82 Å². The minimum Gasteiger partial charge on any atom is -0.312 e. The van der Waals surface area contributed by atoms with Gasteiger partial charge in [-0.05, 0) is 31.5 Å². The highest BCUT2D eigenvalue weighted by atomic mass is 32.2. The second-order valence-corrected chi connectivity index (χ2v) is 6.57. The first-order valence-electron chi connectivity index (χ1n) is 5.91. The van der Waals surface area contributed by atoms with Gasteiger partial charge in [-0.1, -0.05) is 6.07 Å². The van der Waals surface area contributed by atoms with Crippen LogP contribution in [0.15, 0.2) is 23.1 Å². The number of aryl methyl sites for hydroxylation is 1. The van der Waals surface area contributed by atoms with Crippen molar-refractivity contribution in [1.82, 2.24) is 9.62 Å². The van der Waals surface area contributed by atoms with Gasteiger partial charge < -0.3 is 5.32 Å². The molecule has 1 aromatic rings. The Morgan fingerprint density at radius 1 is 1.44 bits per heavy atom. The van der Waals surface area contributed by atoms with Crippen LogP contribution >= 0.6 is 0 Å². The van der Waals surface area contributed by atoms with E-state index < -0.39 is 15.8 Å². The van der Waals surface area contributed by atoms with E-state index in [0.29, 0.717) is 25.2 Å². The molecule has 6 heteroatoms. The lowest BCUT2D eigenvalue weighted by molar-refractivity contribution is 0.310. The van der Waals surface area contributed by atoms with E-state index in [1.165, 1.54) is 16.4 Å². The molecule has 1 aromatic carbocycles. The molecule has 1 atom stereocenters. The van der Waals surface area contributed by atoms with Gasteiger partial charge in [-0.2, -0.15) is 4.31 Å². The lowest BCUT2D eigenvalue weighted by atomic mass is 10.2. The lowest BCUT2D eigenvalue weighted by Gasteiger charge is -2.31. The van der Waals surface area contributed by atoms with Crippen molar-refractivity contribution in [2.45, 2.75) is 24.8 Å². The molecule has 0 aliphatic carbocycles. The van der Waals surface area contributed by atoms with Crippen molar-refractivity contribution < 1.29 is 12.8 Å². The summed E-state index contributed by atoms with van der Waals surface area (Å²) in [6.45, 7) is 4.99. The summed E-state index contributed by atoms with van der Waals surface area (Å²) < 4.78 is 39.5. The molecule has 100 valence electrons.